The van der Waals surface area contributed by atoms with Crippen LogP contribution < -0.4 is 5.73 Å². The molecule has 0 aliphatic carbocycles. The quantitative estimate of drug-likeness (QED) is 0.874. The fourth-order valence-electron chi connectivity index (χ4n) is 2.25. The van der Waals surface area contributed by atoms with Crippen LogP contribution in [0.25, 0.3) is 0 Å². The van der Waals surface area contributed by atoms with Crippen LogP contribution in [0.15, 0.2) is 5.38 Å². The fourth-order valence-corrected chi connectivity index (χ4v) is 3.32. The summed E-state index contributed by atoms with van der Waals surface area (Å²) in [5, 5.41) is 3.54. The van der Waals surface area contributed by atoms with E-state index in [1.54, 1.807) is 0 Å². The van der Waals surface area contributed by atoms with Crippen LogP contribution in [-0.2, 0) is 0 Å². The second-order valence-corrected chi connectivity index (χ2v) is 5.73. The second kappa shape index (κ2) is 5.25. The first-order valence-electron chi connectivity index (χ1n) is 6.04. The predicted octanol–water partition coefficient (Wildman–Crippen LogP) is 2.01. The first kappa shape index (κ1) is 12.0. The number of rotatable bonds is 4. The Balaban J connectivity index is 2.01. The van der Waals surface area contributed by atoms with Crippen LogP contribution in [0, 0.1) is 0 Å². The summed E-state index contributed by atoms with van der Waals surface area (Å²) in [6, 6.07) is 0. The number of nitrogens with two attached hydrogens (primary N) is 1. The van der Waals surface area contributed by atoms with Crippen molar-refractivity contribution in [3.05, 3.63) is 16.1 Å². The minimum atomic E-state index is 0.508. The first-order chi connectivity index (χ1) is 7.70. The predicted molar refractivity (Wildman–Crippen MR) is 69.1 cm³/mol. The summed E-state index contributed by atoms with van der Waals surface area (Å²) >= 11 is 1.82. The Bertz CT molecular complexity index is 337. The van der Waals surface area contributed by atoms with Gasteiger partial charge in [0.1, 0.15) is 0 Å². The SMILES string of the molecule is CC(CCN)c1csc(C2CCN(C)C2)n1. The van der Waals surface area contributed by atoms with Gasteiger partial charge in [0.05, 0.1) is 10.7 Å². The number of likely N-dealkylation sites (tertiary alicyclic amines) is 1. The number of hydrogen-bond acceptors (Lipinski definition) is 4. The van der Waals surface area contributed by atoms with Gasteiger partial charge >= 0.3 is 0 Å². The van der Waals surface area contributed by atoms with E-state index < -0.39 is 0 Å². The zero-order valence-electron chi connectivity index (χ0n) is 10.1. The topological polar surface area (TPSA) is 42.1 Å². The number of nitrogens with zero attached hydrogens (tertiary/aromatic N) is 2. The highest BCUT2D eigenvalue weighted by Crippen LogP contribution is 2.30. The average Bonchev–Trinajstić information content (AvgIpc) is 2.85. The molecule has 3 nitrogen and oxygen atoms in total. The molecule has 1 aromatic heterocycles. The zero-order valence-corrected chi connectivity index (χ0v) is 11.0. The van der Waals surface area contributed by atoms with Gasteiger partial charge in [0.15, 0.2) is 0 Å². The van der Waals surface area contributed by atoms with Crippen LogP contribution in [0.5, 0.6) is 0 Å². The van der Waals surface area contributed by atoms with Gasteiger partial charge in [-0.2, -0.15) is 0 Å². The summed E-state index contributed by atoms with van der Waals surface area (Å²) in [6.07, 6.45) is 2.29. The molecule has 2 N–H and O–H groups in total. The van der Waals surface area contributed by atoms with Crippen LogP contribution >= 0.6 is 11.3 Å². The molecule has 1 aromatic rings. The fraction of sp³-hybridized carbons (Fsp3) is 0.750. The lowest BCUT2D eigenvalue weighted by atomic mass is 10.1. The van der Waals surface area contributed by atoms with Crippen LogP contribution in [0.1, 0.15) is 42.3 Å². The molecule has 0 saturated carbocycles. The lowest BCUT2D eigenvalue weighted by molar-refractivity contribution is 0.411. The summed E-state index contributed by atoms with van der Waals surface area (Å²) < 4.78 is 0. The van der Waals surface area contributed by atoms with E-state index in [-0.39, 0.29) is 0 Å². The number of thiazole rings is 1. The van der Waals surface area contributed by atoms with E-state index in [1.165, 1.54) is 23.7 Å². The molecule has 1 aliphatic heterocycles. The Labute approximate surface area is 102 Å². The van der Waals surface area contributed by atoms with Gasteiger partial charge < -0.3 is 10.6 Å². The Kier molecular flexibility index (Phi) is 3.95. The van der Waals surface area contributed by atoms with Gasteiger partial charge in [-0.25, -0.2) is 4.98 Å². The minimum absolute atomic E-state index is 0.508. The highest BCUT2D eigenvalue weighted by atomic mass is 32.1. The monoisotopic (exact) mass is 239 g/mol. The third kappa shape index (κ3) is 2.62. The molecule has 2 atom stereocenters. The van der Waals surface area contributed by atoms with Crippen LogP contribution in [0.2, 0.25) is 0 Å². The third-order valence-electron chi connectivity index (χ3n) is 3.38. The Morgan fingerprint density at radius 1 is 1.69 bits per heavy atom. The maximum Gasteiger partial charge on any atom is 0.0972 e. The highest BCUT2D eigenvalue weighted by Gasteiger charge is 2.24. The van der Waals surface area contributed by atoms with Gasteiger partial charge in [0.2, 0.25) is 0 Å². The summed E-state index contributed by atoms with van der Waals surface area (Å²) in [5.41, 5.74) is 6.82. The molecule has 0 radical (unpaired) electrons. The summed E-state index contributed by atoms with van der Waals surface area (Å²) in [4.78, 5) is 7.17. The Morgan fingerprint density at radius 3 is 3.12 bits per heavy atom. The minimum Gasteiger partial charge on any atom is -0.330 e. The normalized spacial score (nSPS) is 23.8. The molecule has 2 rings (SSSR count). The number of likely N-dealkylation sites (N-methyl/N-ethyl adjacent to an activating group) is 1. The third-order valence-corrected chi connectivity index (χ3v) is 4.41. The average molecular weight is 239 g/mol. The van der Waals surface area contributed by atoms with Crippen molar-refractivity contribution in [3.63, 3.8) is 0 Å². The van der Waals surface area contributed by atoms with E-state index >= 15 is 0 Å². The molecule has 1 saturated heterocycles. The van der Waals surface area contributed by atoms with E-state index in [9.17, 15) is 0 Å². The Hall–Kier alpha value is -0.450. The molecular formula is C12H21N3S. The smallest absolute Gasteiger partial charge is 0.0972 e. The van der Waals surface area contributed by atoms with E-state index in [2.05, 4.69) is 24.3 Å². The molecule has 1 aliphatic rings. The molecule has 0 aromatic carbocycles. The molecular weight excluding hydrogens is 218 g/mol. The summed E-state index contributed by atoms with van der Waals surface area (Å²) in [6.45, 7) is 5.34. The lowest BCUT2D eigenvalue weighted by Crippen LogP contribution is -2.13. The van der Waals surface area contributed by atoms with Crippen molar-refractivity contribution in [2.75, 3.05) is 26.7 Å². The van der Waals surface area contributed by atoms with Crippen molar-refractivity contribution in [1.82, 2.24) is 9.88 Å². The molecule has 90 valence electrons. The molecule has 4 heteroatoms. The van der Waals surface area contributed by atoms with Crippen LogP contribution in [0.4, 0.5) is 0 Å². The molecule has 0 amide bonds. The van der Waals surface area contributed by atoms with E-state index in [4.69, 9.17) is 10.7 Å². The van der Waals surface area contributed by atoms with Crippen LogP contribution in [0.3, 0.4) is 0 Å². The van der Waals surface area contributed by atoms with E-state index in [0.29, 0.717) is 11.8 Å². The standard InChI is InChI=1S/C12H21N3S/c1-9(3-5-13)11-8-16-12(14-11)10-4-6-15(2)7-10/h8-10H,3-7,13H2,1-2H3. The van der Waals surface area contributed by atoms with Gasteiger partial charge in [-0.05, 0) is 33.0 Å². The van der Waals surface area contributed by atoms with Crippen molar-refractivity contribution >= 4 is 11.3 Å². The zero-order chi connectivity index (χ0) is 11.5. The van der Waals surface area contributed by atoms with Crippen LogP contribution in [-0.4, -0.2) is 36.6 Å². The molecule has 2 unspecified atom stereocenters. The largest absolute Gasteiger partial charge is 0.330 e. The van der Waals surface area contributed by atoms with E-state index in [0.717, 1.165) is 19.5 Å². The van der Waals surface area contributed by atoms with Crippen molar-refractivity contribution in [1.29, 1.82) is 0 Å². The van der Waals surface area contributed by atoms with Gasteiger partial charge in [-0.3, -0.25) is 0 Å². The maximum absolute atomic E-state index is 5.58. The van der Waals surface area contributed by atoms with E-state index in [1.807, 2.05) is 11.3 Å². The highest BCUT2D eigenvalue weighted by molar-refractivity contribution is 7.09. The van der Waals surface area contributed by atoms with Crippen molar-refractivity contribution < 1.29 is 0 Å². The molecule has 0 spiro atoms. The number of aromatic nitrogens is 1. The first-order valence-corrected chi connectivity index (χ1v) is 6.92. The van der Waals surface area contributed by atoms with Gasteiger partial charge in [-0.1, -0.05) is 6.92 Å². The van der Waals surface area contributed by atoms with Crippen molar-refractivity contribution in [2.24, 2.45) is 5.73 Å². The number of hydrogen-bond donors (Lipinski definition) is 1. The van der Waals surface area contributed by atoms with Crippen molar-refractivity contribution in [2.45, 2.75) is 31.6 Å². The van der Waals surface area contributed by atoms with Gasteiger partial charge in [-0.15, -0.1) is 11.3 Å². The van der Waals surface area contributed by atoms with Crippen molar-refractivity contribution in [3.8, 4) is 0 Å². The second-order valence-electron chi connectivity index (χ2n) is 4.84. The molecule has 16 heavy (non-hydrogen) atoms. The Morgan fingerprint density at radius 2 is 2.50 bits per heavy atom. The van der Waals surface area contributed by atoms with Gasteiger partial charge in [0, 0.05) is 23.8 Å². The molecule has 2 heterocycles. The summed E-state index contributed by atoms with van der Waals surface area (Å²) in [5.74, 6) is 1.17. The molecule has 1 fully saturated rings. The summed E-state index contributed by atoms with van der Waals surface area (Å²) in [7, 11) is 2.19. The van der Waals surface area contributed by atoms with Gasteiger partial charge in [0.25, 0.3) is 0 Å². The lowest BCUT2D eigenvalue weighted by Gasteiger charge is -2.08. The maximum atomic E-state index is 5.58. The molecule has 0 bridgehead atoms.